The van der Waals surface area contributed by atoms with Crippen molar-refractivity contribution in [2.75, 3.05) is 7.11 Å². The van der Waals surface area contributed by atoms with E-state index >= 15 is 0 Å². The lowest BCUT2D eigenvalue weighted by Crippen LogP contribution is -2.49. The molecule has 1 heterocycles. The Morgan fingerprint density at radius 2 is 2.06 bits per heavy atom. The van der Waals surface area contributed by atoms with Gasteiger partial charge in [-0.25, -0.2) is 9.78 Å². The van der Waals surface area contributed by atoms with Crippen LogP contribution in [0.3, 0.4) is 0 Å². The third-order valence-corrected chi connectivity index (χ3v) is 5.57. The lowest BCUT2D eigenvalue weighted by Gasteiger charge is -2.31. The monoisotopic (exact) mass is 459 g/mol. The summed E-state index contributed by atoms with van der Waals surface area (Å²) in [5, 5.41) is 12.2. The smallest absolute Gasteiger partial charge is 0.333 e. The van der Waals surface area contributed by atoms with Crippen LogP contribution in [-0.4, -0.2) is 39.6 Å². The minimum Gasteiger partial charge on any atom is -0.493 e. The molecule has 1 aliphatic rings. The molecular formula is C26H25N3O5. The molecule has 0 bridgehead atoms. The highest BCUT2D eigenvalue weighted by atomic mass is 16.5. The number of carboxylic acids is 1. The van der Waals surface area contributed by atoms with E-state index in [1.807, 2.05) is 30.3 Å². The number of hydrogen-bond donors (Lipinski definition) is 3. The first kappa shape index (κ1) is 22.8. The van der Waals surface area contributed by atoms with Crippen molar-refractivity contribution in [2.45, 2.75) is 25.5 Å². The zero-order chi connectivity index (χ0) is 24.1. The molecule has 1 amide bonds. The number of aromatic nitrogens is 2. The van der Waals surface area contributed by atoms with Gasteiger partial charge >= 0.3 is 5.97 Å². The van der Waals surface area contributed by atoms with Gasteiger partial charge in [-0.1, -0.05) is 30.4 Å². The van der Waals surface area contributed by atoms with Crippen LogP contribution in [0.25, 0.3) is 17.1 Å². The van der Waals surface area contributed by atoms with Crippen LogP contribution in [0.2, 0.25) is 0 Å². The van der Waals surface area contributed by atoms with Crippen LogP contribution in [0.4, 0.5) is 0 Å². The molecular weight excluding hydrogens is 434 g/mol. The summed E-state index contributed by atoms with van der Waals surface area (Å²) < 4.78 is 11.3. The summed E-state index contributed by atoms with van der Waals surface area (Å²) >= 11 is 0. The van der Waals surface area contributed by atoms with Crippen LogP contribution in [0, 0.1) is 0 Å². The Kier molecular flexibility index (Phi) is 6.49. The van der Waals surface area contributed by atoms with Gasteiger partial charge in [-0.3, -0.25) is 4.79 Å². The number of aliphatic carboxylic acids is 1. The normalized spacial score (nSPS) is 17.5. The van der Waals surface area contributed by atoms with Crippen LogP contribution < -0.4 is 14.8 Å². The molecule has 0 saturated carbocycles. The summed E-state index contributed by atoms with van der Waals surface area (Å²) in [6, 6.07) is 13.1. The topological polar surface area (TPSA) is 114 Å². The quantitative estimate of drug-likeness (QED) is 0.439. The Hall–Kier alpha value is -4.33. The van der Waals surface area contributed by atoms with Gasteiger partial charge in [0.1, 0.15) is 12.4 Å². The van der Waals surface area contributed by atoms with Crippen LogP contribution in [0.5, 0.6) is 11.5 Å². The molecule has 0 spiro atoms. The minimum absolute atomic E-state index is 0.143. The van der Waals surface area contributed by atoms with Crippen molar-refractivity contribution in [2.24, 2.45) is 0 Å². The Bertz CT molecular complexity index is 1290. The number of carboxylic acid groups (broad SMARTS) is 1. The van der Waals surface area contributed by atoms with Crippen LogP contribution in [0.15, 0.2) is 72.3 Å². The van der Waals surface area contributed by atoms with Gasteiger partial charge in [0.15, 0.2) is 11.5 Å². The summed E-state index contributed by atoms with van der Waals surface area (Å²) in [5.74, 6) is 0.305. The van der Waals surface area contributed by atoms with E-state index in [9.17, 15) is 14.7 Å². The van der Waals surface area contributed by atoms with Gasteiger partial charge in [0, 0.05) is 6.08 Å². The Morgan fingerprint density at radius 3 is 2.82 bits per heavy atom. The number of amides is 1. The number of para-hydroxylation sites is 2. The second-order valence-electron chi connectivity index (χ2n) is 8.07. The average Bonchev–Trinajstić information content (AvgIpc) is 3.24. The number of methoxy groups -OCH3 is 1. The van der Waals surface area contributed by atoms with Crippen molar-refractivity contribution in [1.82, 2.24) is 15.3 Å². The van der Waals surface area contributed by atoms with Crippen molar-refractivity contribution in [3.8, 4) is 11.5 Å². The number of carbonyl (C=O) groups is 2. The number of nitrogens with one attached hydrogen (secondary N) is 2. The molecule has 0 fully saturated rings. The summed E-state index contributed by atoms with van der Waals surface area (Å²) in [5.41, 5.74) is 1.70. The minimum atomic E-state index is -1.06. The van der Waals surface area contributed by atoms with E-state index in [0.717, 1.165) is 16.6 Å². The van der Waals surface area contributed by atoms with E-state index < -0.39 is 17.4 Å². The number of carbonyl (C=O) groups excluding carboxylic acids is 1. The number of nitrogens with zero attached hydrogens (tertiary/aromatic N) is 1. The number of hydrogen-bond acceptors (Lipinski definition) is 5. The highest BCUT2D eigenvalue weighted by molar-refractivity contribution is 5.96. The fourth-order valence-corrected chi connectivity index (χ4v) is 3.80. The maximum absolute atomic E-state index is 12.5. The molecule has 0 aliphatic heterocycles. The Balaban J connectivity index is 1.41. The van der Waals surface area contributed by atoms with Crippen LogP contribution in [-0.2, 0) is 16.2 Å². The number of ether oxygens (including phenoxy) is 2. The summed E-state index contributed by atoms with van der Waals surface area (Å²) in [4.78, 5) is 31.7. The van der Waals surface area contributed by atoms with E-state index in [1.165, 1.54) is 12.2 Å². The fraction of sp³-hybridized carbons (Fsp3) is 0.192. The summed E-state index contributed by atoms with van der Waals surface area (Å²) in [6.07, 6.45) is 8.41. The third-order valence-electron chi connectivity index (χ3n) is 5.57. The highest BCUT2D eigenvalue weighted by Gasteiger charge is 2.34. The first-order chi connectivity index (χ1) is 16.4. The molecule has 1 aromatic heterocycles. The number of rotatable bonds is 8. The van der Waals surface area contributed by atoms with Gasteiger partial charge in [0.05, 0.1) is 29.3 Å². The lowest BCUT2D eigenvalue weighted by atomic mass is 9.84. The molecule has 4 rings (SSSR count). The predicted molar refractivity (Wildman–Crippen MR) is 128 cm³/mol. The van der Waals surface area contributed by atoms with Crippen LogP contribution >= 0.6 is 0 Å². The number of allylic oxidation sites excluding steroid dienone is 2. The number of H-pyrrole nitrogens is 1. The molecule has 3 N–H and O–H groups in total. The number of fused-ring (bicyclic) bond motifs is 1. The number of aromatic amines is 1. The SMILES string of the molecule is COc1cc(/C=C/C(=O)NC2(C)CC=CC=C2C(=O)O)ccc1OCc1nc2ccccc2[nH]1. The third kappa shape index (κ3) is 5.01. The summed E-state index contributed by atoms with van der Waals surface area (Å²) in [6.45, 7) is 1.94. The zero-order valence-corrected chi connectivity index (χ0v) is 18.9. The molecule has 1 unspecified atom stereocenters. The van der Waals surface area contributed by atoms with Gasteiger partial charge in [0.2, 0.25) is 5.91 Å². The number of imidazole rings is 1. The Morgan fingerprint density at radius 1 is 1.24 bits per heavy atom. The molecule has 0 saturated heterocycles. The molecule has 34 heavy (non-hydrogen) atoms. The molecule has 8 nitrogen and oxygen atoms in total. The first-order valence-corrected chi connectivity index (χ1v) is 10.7. The van der Waals surface area contributed by atoms with Crippen molar-refractivity contribution < 1.29 is 24.2 Å². The maximum Gasteiger partial charge on any atom is 0.333 e. The number of benzene rings is 2. The van der Waals surface area contributed by atoms with E-state index in [4.69, 9.17) is 9.47 Å². The molecule has 1 aliphatic carbocycles. The summed E-state index contributed by atoms with van der Waals surface area (Å²) in [7, 11) is 1.54. The second-order valence-corrected chi connectivity index (χ2v) is 8.07. The molecule has 0 radical (unpaired) electrons. The van der Waals surface area contributed by atoms with Gasteiger partial charge in [-0.05, 0) is 55.3 Å². The second kappa shape index (κ2) is 9.66. The van der Waals surface area contributed by atoms with Crippen molar-refractivity contribution in [1.29, 1.82) is 0 Å². The highest BCUT2D eigenvalue weighted by Crippen LogP contribution is 2.30. The van der Waals surface area contributed by atoms with Crippen molar-refractivity contribution in [3.05, 3.63) is 83.7 Å². The standard InChI is InChI=1S/C26H25N3O5/c1-26(14-6-5-7-18(26)25(31)32)29-24(30)13-11-17-10-12-21(22(15-17)33-2)34-16-23-27-19-8-3-4-9-20(19)28-23/h3-13,15H,14,16H2,1-2H3,(H,27,28)(H,29,30)(H,31,32)/b13-11+. The van der Waals surface area contributed by atoms with E-state index in [0.29, 0.717) is 23.7 Å². The van der Waals surface area contributed by atoms with Gasteiger partial charge in [0.25, 0.3) is 0 Å². The maximum atomic E-state index is 12.5. The molecule has 8 heteroatoms. The van der Waals surface area contributed by atoms with Gasteiger partial charge in [-0.2, -0.15) is 0 Å². The largest absolute Gasteiger partial charge is 0.493 e. The van der Waals surface area contributed by atoms with Crippen LogP contribution in [0.1, 0.15) is 24.7 Å². The average molecular weight is 460 g/mol. The van der Waals surface area contributed by atoms with E-state index in [-0.39, 0.29) is 12.2 Å². The molecule has 1 atom stereocenters. The van der Waals surface area contributed by atoms with Gasteiger partial charge < -0.3 is 24.9 Å². The van der Waals surface area contributed by atoms with Gasteiger partial charge in [-0.15, -0.1) is 0 Å². The molecule has 2 aromatic carbocycles. The molecule has 3 aromatic rings. The zero-order valence-electron chi connectivity index (χ0n) is 18.9. The first-order valence-electron chi connectivity index (χ1n) is 10.7. The predicted octanol–water partition coefficient (Wildman–Crippen LogP) is 4.01. The van der Waals surface area contributed by atoms with Crippen molar-refractivity contribution in [3.63, 3.8) is 0 Å². The lowest BCUT2D eigenvalue weighted by molar-refractivity contribution is -0.133. The fourth-order valence-electron chi connectivity index (χ4n) is 3.80. The van der Waals surface area contributed by atoms with E-state index in [2.05, 4.69) is 15.3 Å². The van der Waals surface area contributed by atoms with Crippen molar-refractivity contribution >= 4 is 29.0 Å². The Labute approximate surface area is 196 Å². The molecule has 174 valence electrons. The van der Waals surface area contributed by atoms with E-state index in [1.54, 1.807) is 44.4 Å².